The lowest BCUT2D eigenvalue weighted by molar-refractivity contribution is -0.141. The number of nitrogens with one attached hydrogen (secondary N) is 1. The molecule has 0 saturated carbocycles. The molecule has 7 nitrogen and oxygen atoms in total. The third kappa shape index (κ3) is 5.83. The lowest BCUT2D eigenvalue weighted by Gasteiger charge is -2.41. The zero-order valence-electron chi connectivity index (χ0n) is 17.4. The van der Waals surface area contributed by atoms with Gasteiger partial charge in [-0.3, -0.25) is 14.5 Å². The molecule has 180 valence electrons. The molecule has 1 amide bonds. The maximum absolute atomic E-state index is 14.8. The van der Waals surface area contributed by atoms with Gasteiger partial charge in [-0.25, -0.2) is 18.2 Å². The van der Waals surface area contributed by atoms with Crippen molar-refractivity contribution in [3.8, 4) is 0 Å². The zero-order chi connectivity index (χ0) is 24.6. The number of likely N-dealkylation sites (tertiary alicyclic amines) is 1. The number of aromatic nitrogens is 2. The fraction of sp³-hybridized carbons (Fsp3) is 0.450. The van der Waals surface area contributed by atoms with Crippen LogP contribution in [0.1, 0.15) is 24.8 Å². The second-order valence-electron chi connectivity index (χ2n) is 7.86. The summed E-state index contributed by atoms with van der Waals surface area (Å²) < 4.78 is 81.2. The Labute approximate surface area is 184 Å². The van der Waals surface area contributed by atoms with Crippen molar-refractivity contribution in [2.24, 2.45) is 0 Å². The number of carbonyl (C=O) groups is 1. The van der Waals surface area contributed by atoms with Gasteiger partial charge in [-0.2, -0.15) is 13.2 Å². The minimum Gasteiger partial charge on any atom is -0.394 e. The summed E-state index contributed by atoms with van der Waals surface area (Å²) in [6, 6.07) is 2.36. The van der Waals surface area contributed by atoms with Crippen molar-refractivity contribution in [2.75, 3.05) is 24.1 Å². The van der Waals surface area contributed by atoms with E-state index in [-0.39, 0.29) is 29.0 Å². The first-order valence-corrected chi connectivity index (χ1v) is 9.88. The average molecular weight is 477 g/mol. The first-order chi connectivity index (χ1) is 15.3. The molecule has 0 spiro atoms. The number of halogens is 6. The number of hydrogen-bond acceptors (Lipinski definition) is 5. The van der Waals surface area contributed by atoms with Crippen LogP contribution >= 0.6 is 0 Å². The molecule has 13 heteroatoms. The molecule has 0 radical (unpaired) electrons. The van der Waals surface area contributed by atoms with Crippen molar-refractivity contribution in [3.63, 3.8) is 0 Å². The lowest BCUT2D eigenvalue weighted by atomic mass is 9.87. The smallest absolute Gasteiger partial charge is 0.394 e. The predicted molar refractivity (Wildman–Crippen MR) is 107 cm³/mol. The van der Waals surface area contributed by atoms with Gasteiger partial charge >= 0.3 is 6.18 Å². The Morgan fingerprint density at radius 1 is 1.36 bits per heavy atom. The van der Waals surface area contributed by atoms with E-state index < -0.39 is 60.0 Å². The van der Waals surface area contributed by atoms with Crippen LogP contribution in [0, 0.1) is 5.82 Å². The number of rotatable bonds is 5. The van der Waals surface area contributed by atoms with E-state index >= 15 is 0 Å². The molecule has 3 heterocycles. The number of hydrogen-bond donors (Lipinski definition) is 2. The van der Waals surface area contributed by atoms with Crippen molar-refractivity contribution >= 4 is 17.4 Å². The molecule has 0 aliphatic carbocycles. The SMILES string of the molecule is C[C@@H](C(=O)Nc1ccc(F)cn1)N1CCC(F)(F)C(c2cc(N)c(=O)n(CC(F)(F)F)c2)C1. The van der Waals surface area contributed by atoms with Gasteiger partial charge in [0, 0.05) is 25.7 Å². The highest BCUT2D eigenvalue weighted by atomic mass is 19.4. The number of piperidine rings is 1. The fourth-order valence-electron chi connectivity index (χ4n) is 3.66. The van der Waals surface area contributed by atoms with Gasteiger partial charge in [-0.05, 0) is 30.7 Å². The van der Waals surface area contributed by atoms with Crippen LogP contribution in [0.4, 0.5) is 37.8 Å². The molecule has 2 aromatic heterocycles. The molecule has 1 fully saturated rings. The number of alkyl halides is 5. The van der Waals surface area contributed by atoms with Crippen LogP contribution in [0.3, 0.4) is 0 Å². The highest BCUT2D eigenvalue weighted by Gasteiger charge is 2.47. The maximum Gasteiger partial charge on any atom is 0.406 e. The molecule has 33 heavy (non-hydrogen) atoms. The summed E-state index contributed by atoms with van der Waals surface area (Å²) in [5, 5.41) is 2.46. The minimum atomic E-state index is -4.75. The quantitative estimate of drug-likeness (QED) is 0.646. The van der Waals surface area contributed by atoms with Crippen LogP contribution in [-0.2, 0) is 11.3 Å². The van der Waals surface area contributed by atoms with Crippen LogP contribution in [0.5, 0.6) is 0 Å². The van der Waals surface area contributed by atoms with E-state index in [4.69, 9.17) is 5.73 Å². The lowest BCUT2D eigenvalue weighted by Crippen LogP contribution is -2.52. The summed E-state index contributed by atoms with van der Waals surface area (Å²) in [7, 11) is 0. The topological polar surface area (TPSA) is 93.2 Å². The van der Waals surface area contributed by atoms with E-state index in [0.717, 1.165) is 24.5 Å². The highest BCUT2D eigenvalue weighted by Crippen LogP contribution is 2.41. The number of nitrogens with zero attached hydrogens (tertiary/aromatic N) is 3. The summed E-state index contributed by atoms with van der Waals surface area (Å²) in [6.45, 7) is -0.734. The van der Waals surface area contributed by atoms with E-state index in [1.54, 1.807) is 0 Å². The molecule has 2 atom stereocenters. The number of nitrogen functional groups attached to an aromatic ring is 1. The Kier molecular flexibility index (Phi) is 6.73. The Morgan fingerprint density at radius 3 is 2.67 bits per heavy atom. The minimum absolute atomic E-state index is 0.0686. The zero-order valence-corrected chi connectivity index (χ0v) is 17.4. The van der Waals surface area contributed by atoms with Crippen LogP contribution < -0.4 is 16.6 Å². The molecule has 3 rings (SSSR count). The second kappa shape index (κ2) is 9.04. The van der Waals surface area contributed by atoms with Crippen LogP contribution in [0.15, 0.2) is 35.4 Å². The van der Waals surface area contributed by atoms with Crippen LogP contribution in [0.25, 0.3) is 0 Å². The van der Waals surface area contributed by atoms with Crippen molar-refractivity contribution in [1.82, 2.24) is 14.5 Å². The molecule has 0 aromatic carbocycles. The van der Waals surface area contributed by atoms with Gasteiger partial charge in [-0.1, -0.05) is 0 Å². The maximum atomic E-state index is 14.8. The van der Waals surface area contributed by atoms with E-state index in [2.05, 4.69) is 10.3 Å². The highest BCUT2D eigenvalue weighted by molar-refractivity contribution is 5.93. The van der Waals surface area contributed by atoms with Crippen LogP contribution in [-0.4, -0.2) is 51.6 Å². The van der Waals surface area contributed by atoms with Crippen molar-refractivity contribution in [3.05, 3.63) is 52.3 Å². The molecule has 1 saturated heterocycles. The molecule has 0 bridgehead atoms. The molecule has 1 unspecified atom stereocenters. The van der Waals surface area contributed by atoms with E-state index in [1.165, 1.54) is 17.9 Å². The van der Waals surface area contributed by atoms with E-state index in [0.29, 0.717) is 0 Å². The van der Waals surface area contributed by atoms with Gasteiger partial charge in [0.2, 0.25) is 5.91 Å². The van der Waals surface area contributed by atoms with E-state index in [1.807, 2.05) is 0 Å². The van der Waals surface area contributed by atoms with E-state index in [9.17, 15) is 35.9 Å². The van der Waals surface area contributed by atoms with Gasteiger partial charge in [0.05, 0.1) is 23.8 Å². The number of carbonyl (C=O) groups excluding carboxylic acids is 1. The molecule has 1 aliphatic rings. The molecular formula is C20H21F6N5O2. The summed E-state index contributed by atoms with van der Waals surface area (Å²) in [4.78, 5) is 29.6. The van der Waals surface area contributed by atoms with Gasteiger partial charge < -0.3 is 15.6 Å². The Balaban J connectivity index is 1.83. The first kappa shape index (κ1) is 24.6. The molecule has 3 N–H and O–H groups in total. The van der Waals surface area contributed by atoms with Crippen molar-refractivity contribution < 1.29 is 31.1 Å². The van der Waals surface area contributed by atoms with Gasteiger partial charge in [0.25, 0.3) is 11.5 Å². The second-order valence-corrected chi connectivity index (χ2v) is 7.86. The normalized spacial score (nSPS) is 19.8. The monoisotopic (exact) mass is 477 g/mol. The van der Waals surface area contributed by atoms with Gasteiger partial charge in [0.1, 0.15) is 18.2 Å². The Morgan fingerprint density at radius 2 is 2.06 bits per heavy atom. The predicted octanol–water partition coefficient (Wildman–Crippen LogP) is 2.98. The van der Waals surface area contributed by atoms with Gasteiger partial charge in [0.15, 0.2) is 0 Å². The summed E-state index contributed by atoms with van der Waals surface area (Å²) in [5.74, 6) is -6.03. The van der Waals surface area contributed by atoms with Gasteiger partial charge in [-0.15, -0.1) is 0 Å². The van der Waals surface area contributed by atoms with Crippen molar-refractivity contribution in [1.29, 1.82) is 0 Å². The van der Waals surface area contributed by atoms with Crippen molar-refractivity contribution in [2.45, 2.75) is 43.9 Å². The summed E-state index contributed by atoms with van der Waals surface area (Å²) in [5.41, 5.74) is 3.56. The average Bonchev–Trinajstić information content (AvgIpc) is 2.71. The molecule has 1 aliphatic heterocycles. The fourth-order valence-corrected chi connectivity index (χ4v) is 3.66. The van der Waals surface area contributed by atoms with Crippen LogP contribution in [0.2, 0.25) is 0 Å². The summed E-state index contributed by atoms with van der Waals surface area (Å²) >= 11 is 0. The number of anilines is 2. The summed E-state index contributed by atoms with van der Waals surface area (Å²) in [6.07, 6.45) is -3.78. The Hall–Kier alpha value is -3.09. The molecular weight excluding hydrogens is 456 g/mol. The third-order valence-electron chi connectivity index (χ3n) is 5.45. The Bertz CT molecular complexity index is 1070. The standard InChI is InChI=1S/C20H21F6N5O2/c1-11(17(32)29-16-3-2-13(21)7-28-16)30-5-4-19(22,23)14(9-30)12-6-15(27)18(33)31(8-12)10-20(24,25)26/h2-3,6-8,11,14H,4-5,9-10,27H2,1H3,(H,28,29,32)/t11-,14?/m0/s1. The number of pyridine rings is 2. The third-order valence-corrected chi connectivity index (χ3v) is 5.45. The number of amides is 1. The largest absolute Gasteiger partial charge is 0.406 e. The first-order valence-electron chi connectivity index (χ1n) is 9.88. The molecule has 2 aromatic rings. The number of nitrogens with two attached hydrogens (primary N) is 1.